The summed E-state index contributed by atoms with van der Waals surface area (Å²) >= 11 is 0. The van der Waals surface area contributed by atoms with Crippen molar-refractivity contribution in [3.8, 4) is 0 Å². The van der Waals surface area contributed by atoms with Crippen molar-refractivity contribution < 1.29 is 9.59 Å². The molecule has 0 radical (unpaired) electrons. The third-order valence-electron chi connectivity index (χ3n) is 5.45. The third-order valence-corrected chi connectivity index (χ3v) is 5.45. The second-order valence-corrected chi connectivity index (χ2v) is 7.24. The largest absolute Gasteiger partial charge is 0.348 e. The Kier molecular flexibility index (Phi) is 4.88. The predicted molar refractivity (Wildman–Crippen MR) is 102 cm³/mol. The van der Waals surface area contributed by atoms with Gasteiger partial charge in [0.05, 0.1) is 6.54 Å². The minimum atomic E-state index is -0.635. The van der Waals surface area contributed by atoms with Crippen LogP contribution >= 0.6 is 0 Å². The second kappa shape index (κ2) is 7.47. The van der Waals surface area contributed by atoms with Crippen LogP contribution in [0.5, 0.6) is 0 Å². The topological polar surface area (TPSA) is 75.2 Å². The maximum Gasteiger partial charge on any atom is 0.239 e. The fourth-order valence-corrected chi connectivity index (χ4v) is 4.00. The van der Waals surface area contributed by atoms with Crippen LogP contribution in [0.25, 0.3) is 0 Å². The molecule has 0 bridgehead atoms. The predicted octanol–water partition coefficient (Wildman–Crippen LogP) is 2.33. The van der Waals surface area contributed by atoms with Crippen molar-refractivity contribution in [1.29, 1.82) is 0 Å². The van der Waals surface area contributed by atoms with Crippen LogP contribution in [-0.4, -0.2) is 28.3 Å². The molecule has 6 heteroatoms. The zero-order chi connectivity index (χ0) is 18.8. The van der Waals surface area contributed by atoms with Gasteiger partial charge in [0.2, 0.25) is 11.8 Å². The SMILES string of the molecule is Cc1nc(CNC(=O)[C@@H]2CCN(c3ccccc3)C2=O)nc2c1CCCC2. The monoisotopic (exact) mass is 364 g/mol. The van der Waals surface area contributed by atoms with Crippen molar-refractivity contribution in [3.05, 3.63) is 53.1 Å². The van der Waals surface area contributed by atoms with Gasteiger partial charge in [0.25, 0.3) is 0 Å². The van der Waals surface area contributed by atoms with Gasteiger partial charge in [0.15, 0.2) is 0 Å². The summed E-state index contributed by atoms with van der Waals surface area (Å²) in [5.74, 6) is -0.380. The lowest BCUT2D eigenvalue weighted by Crippen LogP contribution is -2.37. The number of carbonyl (C=O) groups is 2. The molecule has 1 aromatic heterocycles. The summed E-state index contributed by atoms with van der Waals surface area (Å²) in [6.45, 7) is 2.84. The zero-order valence-electron chi connectivity index (χ0n) is 15.6. The van der Waals surface area contributed by atoms with Gasteiger partial charge in [-0.3, -0.25) is 9.59 Å². The fourth-order valence-electron chi connectivity index (χ4n) is 4.00. The average molecular weight is 364 g/mol. The van der Waals surface area contributed by atoms with E-state index in [4.69, 9.17) is 0 Å². The Morgan fingerprint density at radius 1 is 1.19 bits per heavy atom. The molecular formula is C21H24N4O2. The van der Waals surface area contributed by atoms with E-state index >= 15 is 0 Å². The molecule has 1 aliphatic heterocycles. The van der Waals surface area contributed by atoms with Gasteiger partial charge in [-0.15, -0.1) is 0 Å². The van der Waals surface area contributed by atoms with E-state index in [9.17, 15) is 9.59 Å². The van der Waals surface area contributed by atoms with E-state index in [1.165, 1.54) is 12.0 Å². The van der Waals surface area contributed by atoms with E-state index in [1.54, 1.807) is 4.90 Å². The quantitative estimate of drug-likeness (QED) is 0.845. The van der Waals surface area contributed by atoms with Crippen LogP contribution in [0.2, 0.25) is 0 Å². The molecule has 0 spiro atoms. The zero-order valence-corrected chi connectivity index (χ0v) is 15.6. The third kappa shape index (κ3) is 3.56. The number of anilines is 1. The molecule has 2 aromatic rings. The first-order valence-electron chi connectivity index (χ1n) is 9.63. The molecule has 2 aliphatic rings. The lowest BCUT2D eigenvalue weighted by molar-refractivity contribution is -0.132. The number of aryl methyl sites for hydroxylation is 2. The van der Waals surface area contributed by atoms with Crippen molar-refractivity contribution in [2.24, 2.45) is 5.92 Å². The van der Waals surface area contributed by atoms with Gasteiger partial charge in [0.1, 0.15) is 11.7 Å². The Morgan fingerprint density at radius 3 is 2.78 bits per heavy atom. The molecule has 6 nitrogen and oxygen atoms in total. The van der Waals surface area contributed by atoms with Gasteiger partial charge in [-0.25, -0.2) is 9.97 Å². The van der Waals surface area contributed by atoms with Crippen LogP contribution in [0.4, 0.5) is 5.69 Å². The number of nitrogens with one attached hydrogen (secondary N) is 1. The highest BCUT2D eigenvalue weighted by Crippen LogP contribution is 2.25. The van der Waals surface area contributed by atoms with E-state index in [-0.39, 0.29) is 18.4 Å². The number of nitrogens with zero attached hydrogens (tertiary/aromatic N) is 3. The molecule has 4 rings (SSSR count). The summed E-state index contributed by atoms with van der Waals surface area (Å²) in [5.41, 5.74) is 4.23. The van der Waals surface area contributed by atoms with E-state index in [1.807, 2.05) is 37.3 Å². The van der Waals surface area contributed by atoms with Gasteiger partial charge < -0.3 is 10.2 Å². The molecule has 1 atom stereocenters. The van der Waals surface area contributed by atoms with Crippen molar-refractivity contribution in [1.82, 2.24) is 15.3 Å². The number of aromatic nitrogens is 2. The molecule has 140 valence electrons. The van der Waals surface area contributed by atoms with Crippen molar-refractivity contribution in [2.75, 3.05) is 11.4 Å². The standard InChI is InChI=1S/C21H24N4O2/c1-14-16-9-5-6-10-18(16)24-19(23-14)13-22-20(26)17-11-12-25(21(17)27)15-7-3-2-4-8-15/h2-4,7-8,17H,5-6,9-13H2,1H3,(H,22,26)/t17-/m0/s1. The van der Waals surface area contributed by atoms with Gasteiger partial charge in [-0.2, -0.15) is 0 Å². The highest BCUT2D eigenvalue weighted by molar-refractivity contribution is 6.09. The first-order valence-corrected chi connectivity index (χ1v) is 9.63. The molecule has 0 saturated carbocycles. The number of para-hydroxylation sites is 1. The minimum absolute atomic E-state index is 0.138. The first kappa shape index (κ1) is 17.6. The number of hydrogen-bond acceptors (Lipinski definition) is 4. The minimum Gasteiger partial charge on any atom is -0.348 e. The summed E-state index contributed by atoms with van der Waals surface area (Å²) < 4.78 is 0. The van der Waals surface area contributed by atoms with Crippen LogP contribution in [-0.2, 0) is 29.0 Å². The molecule has 0 unspecified atom stereocenters. The highest BCUT2D eigenvalue weighted by atomic mass is 16.2. The Labute approximate surface area is 159 Å². The normalized spacial score (nSPS) is 19.1. The molecule has 1 saturated heterocycles. The fraction of sp³-hybridized carbons (Fsp3) is 0.429. The van der Waals surface area contributed by atoms with Gasteiger partial charge >= 0.3 is 0 Å². The Morgan fingerprint density at radius 2 is 1.96 bits per heavy atom. The number of benzene rings is 1. The van der Waals surface area contributed by atoms with Gasteiger partial charge in [-0.05, 0) is 56.7 Å². The van der Waals surface area contributed by atoms with E-state index < -0.39 is 5.92 Å². The lowest BCUT2D eigenvalue weighted by atomic mass is 9.95. The first-order chi connectivity index (χ1) is 13.1. The van der Waals surface area contributed by atoms with E-state index in [0.717, 1.165) is 36.3 Å². The van der Waals surface area contributed by atoms with Crippen LogP contribution in [0, 0.1) is 12.8 Å². The number of fused-ring (bicyclic) bond motifs is 1. The Balaban J connectivity index is 1.40. The molecule has 1 aliphatic carbocycles. The number of carbonyl (C=O) groups excluding carboxylic acids is 2. The number of amides is 2. The summed E-state index contributed by atoms with van der Waals surface area (Å²) in [5, 5.41) is 2.87. The molecular weight excluding hydrogens is 340 g/mol. The second-order valence-electron chi connectivity index (χ2n) is 7.24. The van der Waals surface area contributed by atoms with Crippen LogP contribution in [0.3, 0.4) is 0 Å². The molecule has 2 amide bonds. The maximum atomic E-state index is 12.6. The summed E-state index contributed by atoms with van der Waals surface area (Å²) in [4.78, 5) is 36.1. The van der Waals surface area contributed by atoms with Crippen molar-refractivity contribution >= 4 is 17.5 Å². The van der Waals surface area contributed by atoms with E-state index in [0.29, 0.717) is 18.8 Å². The Bertz CT molecular complexity index is 866. The van der Waals surface area contributed by atoms with Gasteiger partial charge in [0, 0.05) is 23.6 Å². The summed E-state index contributed by atoms with van der Waals surface area (Å²) in [6, 6.07) is 9.48. The smallest absolute Gasteiger partial charge is 0.239 e. The molecule has 2 heterocycles. The molecule has 1 aromatic carbocycles. The molecule has 27 heavy (non-hydrogen) atoms. The molecule has 1 fully saturated rings. The highest BCUT2D eigenvalue weighted by Gasteiger charge is 2.37. The van der Waals surface area contributed by atoms with Crippen molar-refractivity contribution in [3.63, 3.8) is 0 Å². The molecule has 1 N–H and O–H groups in total. The van der Waals surface area contributed by atoms with Crippen LogP contribution < -0.4 is 10.2 Å². The van der Waals surface area contributed by atoms with Gasteiger partial charge in [-0.1, -0.05) is 18.2 Å². The lowest BCUT2D eigenvalue weighted by Gasteiger charge is -2.18. The van der Waals surface area contributed by atoms with Crippen LogP contribution in [0.15, 0.2) is 30.3 Å². The van der Waals surface area contributed by atoms with Crippen molar-refractivity contribution in [2.45, 2.75) is 45.6 Å². The summed E-state index contributed by atoms with van der Waals surface area (Å²) in [6.07, 6.45) is 4.90. The van der Waals surface area contributed by atoms with Crippen LogP contribution in [0.1, 0.15) is 42.0 Å². The Hall–Kier alpha value is -2.76. The average Bonchev–Trinajstić information content (AvgIpc) is 3.08. The maximum absolute atomic E-state index is 12.6. The number of hydrogen-bond donors (Lipinski definition) is 1. The summed E-state index contributed by atoms with van der Waals surface area (Å²) in [7, 11) is 0. The van der Waals surface area contributed by atoms with E-state index in [2.05, 4.69) is 15.3 Å². The number of rotatable bonds is 4.